The number of likely N-dealkylation sites (tertiary alicyclic amines) is 1. The summed E-state index contributed by atoms with van der Waals surface area (Å²) in [5, 5.41) is 20.9. The molecule has 2 aromatic rings. The summed E-state index contributed by atoms with van der Waals surface area (Å²) in [5.41, 5.74) is 1.70. The molecule has 2 amide bonds. The standard InChI is InChI=1S/C20H24N4O3/c25-14-7-12(8-14)19(27)21-20-9-13(20)10-24(11-20)18(26)6-5-17-15-3-1-2-4-16(15)22-23-17/h1-4,12-14,25H,5-11H2,(H,21,27)(H,22,23)/t12?,13-,14?,20-/m1/s1. The second kappa shape index (κ2) is 6.05. The van der Waals surface area contributed by atoms with E-state index in [0.29, 0.717) is 38.1 Å². The Morgan fingerprint density at radius 1 is 1.33 bits per heavy atom. The van der Waals surface area contributed by atoms with Crippen molar-refractivity contribution in [3.8, 4) is 0 Å². The number of carbonyl (C=O) groups excluding carboxylic acids is 2. The molecule has 2 aliphatic carbocycles. The molecule has 27 heavy (non-hydrogen) atoms. The van der Waals surface area contributed by atoms with Crippen LogP contribution < -0.4 is 5.32 Å². The van der Waals surface area contributed by atoms with Crippen LogP contribution in [0.2, 0.25) is 0 Å². The van der Waals surface area contributed by atoms with Gasteiger partial charge in [0.25, 0.3) is 0 Å². The minimum Gasteiger partial charge on any atom is -0.393 e. The molecule has 0 spiro atoms. The number of aliphatic hydroxyl groups excluding tert-OH is 1. The van der Waals surface area contributed by atoms with Crippen LogP contribution in [-0.4, -0.2) is 56.8 Å². The van der Waals surface area contributed by atoms with Crippen molar-refractivity contribution in [3.05, 3.63) is 30.0 Å². The maximum Gasteiger partial charge on any atom is 0.223 e. The maximum atomic E-state index is 12.7. The summed E-state index contributed by atoms with van der Waals surface area (Å²) in [6.45, 7) is 1.34. The quantitative estimate of drug-likeness (QED) is 0.733. The predicted molar refractivity (Wildman–Crippen MR) is 98.7 cm³/mol. The van der Waals surface area contributed by atoms with E-state index >= 15 is 0 Å². The van der Waals surface area contributed by atoms with Gasteiger partial charge in [-0.15, -0.1) is 0 Å². The van der Waals surface area contributed by atoms with Crippen LogP contribution >= 0.6 is 0 Å². The largest absolute Gasteiger partial charge is 0.393 e. The highest BCUT2D eigenvalue weighted by atomic mass is 16.3. The molecule has 142 valence electrons. The first-order chi connectivity index (χ1) is 13.0. The Kier molecular flexibility index (Phi) is 3.75. The Bertz CT molecular complexity index is 904. The van der Waals surface area contributed by atoms with Crippen LogP contribution in [0.15, 0.2) is 24.3 Å². The molecule has 7 nitrogen and oxygen atoms in total. The van der Waals surface area contributed by atoms with Gasteiger partial charge >= 0.3 is 0 Å². The van der Waals surface area contributed by atoms with Crippen LogP contribution in [0.4, 0.5) is 0 Å². The number of para-hydroxylation sites is 1. The third-order valence-corrected chi connectivity index (χ3v) is 6.48. The Hall–Kier alpha value is -2.41. The number of aromatic amines is 1. The Labute approximate surface area is 157 Å². The minimum absolute atomic E-state index is 0.0426. The van der Waals surface area contributed by atoms with Crippen LogP contribution in [0.25, 0.3) is 10.9 Å². The van der Waals surface area contributed by atoms with Gasteiger partial charge in [0, 0.05) is 42.4 Å². The normalized spacial score (nSPS) is 31.4. The summed E-state index contributed by atoms with van der Waals surface area (Å²) in [6, 6.07) is 7.90. The van der Waals surface area contributed by atoms with Crippen LogP contribution in [0, 0.1) is 11.8 Å². The van der Waals surface area contributed by atoms with E-state index in [4.69, 9.17) is 0 Å². The number of hydrogen-bond acceptors (Lipinski definition) is 4. The van der Waals surface area contributed by atoms with Crippen molar-refractivity contribution >= 4 is 22.7 Å². The van der Waals surface area contributed by atoms with Gasteiger partial charge in [-0.25, -0.2) is 0 Å². The fourth-order valence-electron chi connectivity index (χ4n) is 4.61. The van der Waals surface area contributed by atoms with Crippen molar-refractivity contribution in [3.63, 3.8) is 0 Å². The lowest BCUT2D eigenvalue weighted by Crippen LogP contribution is -2.49. The lowest BCUT2D eigenvalue weighted by molar-refractivity contribution is -0.134. The first-order valence-corrected chi connectivity index (χ1v) is 9.74. The lowest BCUT2D eigenvalue weighted by Gasteiger charge is -2.32. The van der Waals surface area contributed by atoms with E-state index in [2.05, 4.69) is 15.5 Å². The summed E-state index contributed by atoms with van der Waals surface area (Å²) in [5.74, 6) is 0.493. The zero-order valence-corrected chi connectivity index (χ0v) is 15.1. The summed E-state index contributed by atoms with van der Waals surface area (Å²) in [7, 11) is 0. The summed E-state index contributed by atoms with van der Waals surface area (Å²) in [4.78, 5) is 26.9. The highest BCUT2D eigenvalue weighted by Gasteiger charge is 2.62. The molecule has 1 aromatic heterocycles. The molecule has 3 aliphatic rings. The number of nitrogens with zero attached hydrogens (tertiary/aromatic N) is 2. The van der Waals surface area contributed by atoms with E-state index in [-0.39, 0.29) is 29.4 Å². The van der Waals surface area contributed by atoms with Gasteiger partial charge in [-0.05, 0) is 31.7 Å². The van der Waals surface area contributed by atoms with Gasteiger partial charge in [0.1, 0.15) is 0 Å². The smallest absolute Gasteiger partial charge is 0.223 e. The average Bonchev–Trinajstić information content (AvgIpc) is 2.99. The van der Waals surface area contributed by atoms with Crippen molar-refractivity contribution < 1.29 is 14.7 Å². The monoisotopic (exact) mass is 368 g/mol. The van der Waals surface area contributed by atoms with Crippen molar-refractivity contribution in [1.82, 2.24) is 20.4 Å². The zero-order chi connectivity index (χ0) is 18.6. The topological polar surface area (TPSA) is 98.3 Å². The van der Waals surface area contributed by atoms with Crippen LogP contribution in [0.1, 0.15) is 31.4 Å². The number of aliphatic hydroxyl groups is 1. The van der Waals surface area contributed by atoms with E-state index in [0.717, 1.165) is 29.6 Å². The number of H-pyrrole nitrogens is 1. The number of aryl methyl sites for hydroxylation is 1. The number of hydrogen-bond donors (Lipinski definition) is 3. The SMILES string of the molecule is O=C(N[C@@]12C[C@@H]1CN(C(=O)CCc1[nH]nc3ccccc13)C2)C1CC(O)C1. The summed E-state index contributed by atoms with van der Waals surface area (Å²) < 4.78 is 0. The van der Waals surface area contributed by atoms with Crippen LogP contribution in [0.5, 0.6) is 0 Å². The number of piperidine rings is 1. The lowest BCUT2D eigenvalue weighted by atomic mass is 9.81. The second-order valence-corrected chi connectivity index (χ2v) is 8.36. The summed E-state index contributed by atoms with van der Waals surface area (Å²) >= 11 is 0. The fourth-order valence-corrected chi connectivity index (χ4v) is 4.61. The van der Waals surface area contributed by atoms with Gasteiger partial charge in [0.2, 0.25) is 11.8 Å². The Morgan fingerprint density at radius 2 is 2.15 bits per heavy atom. The van der Waals surface area contributed by atoms with Gasteiger partial charge in [0.05, 0.1) is 17.2 Å². The van der Waals surface area contributed by atoms with E-state index in [1.165, 1.54) is 0 Å². The molecule has 1 saturated heterocycles. The molecule has 3 N–H and O–H groups in total. The minimum atomic E-state index is -0.325. The van der Waals surface area contributed by atoms with Crippen LogP contribution in [-0.2, 0) is 16.0 Å². The molecule has 0 unspecified atom stereocenters. The second-order valence-electron chi connectivity index (χ2n) is 8.36. The van der Waals surface area contributed by atoms with Gasteiger partial charge in [-0.1, -0.05) is 18.2 Å². The number of benzene rings is 1. The van der Waals surface area contributed by atoms with Gasteiger partial charge in [-0.3, -0.25) is 14.7 Å². The van der Waals surface area contributed by atoms with E-state index in [1.807, 2.05) is 29.2 Å². The molecule has 7 heteroatoms. The molecule has 2 heterocycles. The summed E-state index contributed by atoms with van der Waals surface area (Å²) in [6.07, 6.45) is 2.84. The molecular weight excluding hydrogens is 344 g/mol. The van der Waals surface area contributed by atoms with Gasteiger partial charge < -0.3 is 15.3 Å². The first-order valence-electron chi connectivity index (χ1n) is 9.74. The molecule has 3 fully saturated rings. The maximum absolute atomic E-state index is 12.7. The molecule has 5 rings (SSSR count). The number of amides is 2. The number of rotatable bonds is 5. The van der Waals surface area contributed by atoms with Crippen molar-refractivity contribution in [2.45, 2.75) is 43.7 Å². The third kappa shape index (κ3) is 2.90. The highest BCUT2D eigenvalue weighted by molar-refractivity contribution is 5.83. The predicted octanol–water partition coefficient (Wildman–Crippen LogP) is 0.983. The van der Waals surface area contributed by atoms with E-state index < -0.39 is 0 Å². The highest BCUT2D eigenvalue weighted by Crippen LogP contribution is 2.50. The van der Waals surface area contributed by atoms with Crippen molar-refractivity contribution in [1.29, 1.82) is 0 Å². The Balaban J connectivity index is 1.16. The Morgan fingerprint density at radius 3 is 2.96 bits per heavy atom. The molecule has 0 radical (unpaired) electrons. The molecule has 2 atom stereocenters. The number of carbonyl (C=O) groups is 2. The molecule has 1 aliphatic heterocycles. The number of nitrogens with one attached hydrogen (secondary N) is 2. The fraction of sp³-hybridized carbons (Fsp3) is 0.550. The van der Waals surface area contributed by atoms with Gasteiger partial charge in [-0.2, -0.15) is 5.10 Å². The molecular formula is C20H24N4O3. The number of fused-ring (bicyclic) bond motifs is 2. The molecule has 2 saturated carbocycles. The molecule has 0 bridgehead atoms. The van der Waals surface area contributed by atoms with Gasteiger partial charge in [0.15, 0.2) is 0 Å². The van der Waals surface area contributed by atoms with Crippen LogP contribution in [0.3, 0.4) is 0 Å². The first kappa shape index (κ1) is 16.7. The third-order valence-electron chi connectivity index (χ3n) is 6.48. The number of aromatic nitrogens is 2. The average molecular weight is 368 g/mol. The van der Waals surface area contributed by atoms with Crippen molar-refractivity contribution in [2.24, 2.45) is 11.8 Å². The zero-order valence-electron chi connectivity index (χ0n) is 15.1. The van der Waals surface area contributed by atoms with E-state index in [1.54, 1.807) is 0 Å². The van der Waals surface area contributed by atoms with E-state index in [9.17, 15) is 14.7 Å². The van der Waals surface area contributed by atoms with Crippen molar-refractivity contribution in [2.75, 3.05) is 13.1 Å². The molecule has 1 aromatic carbocycles.